The lowest BCUT2D eigenvalue weighted by Crippen LogP contribution is -2.47. The van der Waals surface area contributed by atoms with Gasteiger partial charge in [-0.25, -0.2) is 14.4 Å². The molecule has 1 unspecified atom stereocenters. The molecule has 292 valence electrons. The number of benzene rings is 1. The number of imidazole rings is 1. The van der Waals surface area contributed by atoms with E-state index in [0.29, 0.717) is 40.7 Å². The van der Waals surface area contributed by atoms with E-state index in [9.17, 15) is 27.6 Å². The molecule has 1 aliphatic carbocycles. The summed E-state index contributed by atoms with van der Waals surface area (Å²) in [6.07, 6.45) is 5.16. The summed E-state index contributed by atoms with van der Waals surface area (Å²) >= 11 is 0. The number of pyridine rings is 2. The number of hydrogen-bond donors (Lipinski definition) is 3. The summed E-state index contributed by atoms with van der Waals surface area (Å²) in [4.78, 5) is 47.4. The first-order valence-corrected chi connectivity index (χ1v) is 19.0. The number of carbonyl (C=O) groups excluding carboxylic acids is 3. The van der Waals surface area contributed by atoms with E-state index in [1.165, 1.54) is 12.1 Å². The molecule has 2 saturated heterocycles. The van der Waals surface area contributed by atoms with Gasteiger partial charge in [-0.05, 0) is 114 Å². The van der Waals surface area contributed by atoms with Crippen LogP contribution in [-0.4, -0.2) is 68.8 Å². The van der Waals surface area contributed by atoms with Crippen molar-refractivity contribution in [3.63, 3.8) is 0 Å². The SMILES string of the molecule is CC(C)Oc1cc2nc(C3CCC(CN4CCC(c5ccc(NC6CCC(=O)NC6=O)cc5F)CC4)CC3)cn2cc1NC(=O)c1cccc(C(F)(F)F)n1. The smallest absolute Gasteiger partial charge is 0.433 e. The van der Waals surface area contributed by atoms with Crippen molar-refractivity contribution in [1.29, 1.82) is 0 Å². The molecule has 1 atom stereocenters. The molecule has 0 bridgehead atoms. The number of imide groups is 1. The van der Waals surface area contributed by atoms with Gasteiger partial charge in [0.05, 0.1) is 11.8 Å². The monoisotopic (exact) mass is 763 g/mol. The first kappa shape index (κ1) is 38.2. The molecule has 3 aliphatic rings. The molecular weight excluding hydrogens is 718 g/mol. The van der Waals surface area contributed by atoms with Gasteiger partial charge in [0.15, 0.2) is 0 Å². The summed E-state index contributed by atoms with van der Waals surface area (Å²) in [6, 6.07) is 9.45. The standard InChI is InChI=1S/C40H45F4N7O4/c1-23(2)55-34-19-36-47-32(21-51(36)22-33(34)48-38(53)30-4-3-5-35(46-30)40(42,43)44)26-8-6-24(7-9-26)20-50-16-14-25(15-17-50)28-11-10-27(18-29(28)41)45-31-12-13-37(52)49-39(31)54/h3-5,10-11,18-19,21-26,31,45H,6-9,12-17,20H2,1-2H3,(H,48,53)(H,49,52,54). The molecule has 3 fully saturated rings. The number of nitrogens with zero attached hydrogens (tertiary/aromatic N) is 4. The lowest BCUT2D eigenvalue weighted by molar-refractivity contribution is -0.141. The Hall–Kier alpha value is -5.05. The van der Waals surface area contributed by atoms with Gasteiger partial charge in [0, 0.05) is 43.0 Å². The number of anilines is 2. The second-order valence-corrected chi connectivity index (χ2v) is 15.2. The molecule has 3 aromatic heterocycles. The third-order valence-corrected chi connectivity index (χ3v) is 10.8. The van der Waals surface area contributed by atoms with E-state index in [1.807, 2.05) is 32.2 Å². The van der Waals surface area contributed by atoms with Gasteiger partial charge in [-0.2, -0.15) is 13.2 Å². The number of hydrogen-bond acceptors (Lipinski definition) is 8. The van der Waals surface area contributed by atoms with Crippen LogP contribution in [0.1, 0.15) is 104 Å². The fourth-order valence-corrected chi connectivity index (χ4v) is 8.00. The summed E-state index contributed by atoms with van der Waals surface area (Å²) in [5, 5.41) is 8.05. The Labute approximate surface area is 316 Å². The zero-order valence-electron chi connectivity index (χ0n) is 30.8. The summed E-state index contributed by atoms with van der Waals surface area (Å²) < 4.78 is 62.7. The Kier molecular flexibility index (Phi) is 11.1. The number of piperidine rings is 2. The molecule has 55 heavy (non-hydrogen) atoms. The number of ether oxygens (including phenoxy) is 1. The highest BCUT2D eigenvalue weighted by molar-refractivity contribution is 6.04. The van der Waals surface area contributed by atoms with Crippen molar-refractivity contribution in [2.24, 2.45) is 5.92 Å². The van der Waals surface area contributed by atoms with E-state index in [0.717, 1.165) is 76.0 Å². The van der Waals surface area contributed by atoms with Gasteiger partial charge in [0.25, 0.3) is 5.91 Å². The molecule has 4 aromatic rings. The van der Waals surface area contributed by atoms with E-state index in [2.05, 4.69) is 25.8 Å². The normalized spacial score (nSPS) is 21.5. The van der Waals surface area contributed by atoms with Gasteiger partial charge in [0.1, 0.15) is 40.3 Å². The molecule has 1 saturated carbocycles. The second-order valence-electron chi connectivity index (χ2n) is 15.2. The Bertz CT molecular complexity index is 2050. The van der Waals surface area contributed by atoms with Crippen LogP contribution in [0.15, 0.2) is 54.9 Å². The van der Waals surface area contributed by atoms with Crippen molar-refractivity contribution >= 4 is 34.7 Å². The zero-order chi connectivity index (χ0) is 38.9. The fourth-order valence-electron chi connectivity index (χ4n) is 8.00. The Morgan fingerprint density at radius 1 is 0.964 bits per heavy atom. The molecule has 3 N–H and O–H groups in total. The number of carbonyl (C=O) groups is 3. The molecule has 0 spiro atoms. The van der Waals surface area contributed by atoms with Crippen LogP contribution in [0, 0.1) is 11.7 Å². The van der Waals surface area contributed by atoms with Gasteiger partial charge in [-0.15, -0.1) is 0 Å². The maximum Gasteiger partial charge on any atom is 0.433 e. The number of rotatable bonds is 10. The Morgan fingerprint density at radius 3 is 2.42 bits per heavy atom. The first-order chi connectivity index (χ1) is 26.3. The minimum Gasteiger partial charge on any atom is -0.489 e. The third-order valence-electron chi connectivity index (χ3n) is 10.8. The van der Waals surface area contributed by atoms with Crippen LogP contribution < -0.4 is 20.7 Å². The van der Waals surface area contributed by atoms with Crippen molar-refractivity contribution in [3.05, 3.63) is 83.3 Å². The number of likely N-dealkylation sites (tertiary alicyclic amines) is 1. The maximum absolute atomic E-state index is 15.2. The zero-order valence-corrected chi connectivity index (χ0v) is 30.8. The minimum absolute atomic E-state index is 0.129. The van der Waals surface area contributed by atoms with Crippen molar-refractivity contribution in [1.82, 2.24) is 24.6 Å². The van der Waals surface area contributed by atoms with Crippen LogP contribution in [0.5, 0.6) is 5.75 Å². The van der Waals surface area contributed by atoms with Crippen molar-refractivity contribution in [3.8, 4) is 5.75 Å². The molecule has 11 nitrogen and oxygen atoms in total. The van der Waals surface area contributed by atoms with E-state index < -0.39 is 23.8 Å². The third kappa shape index (κ3) is 9.09. The topological polar surface area (TPSA) is 130 Å². The highest BCUT2D eigenvalue weighted by Gasteiger charge is 2.33. The van der Waals surface area contributed by atoms with E-state index >= 15 is 4.39 Å². The van der Waals surface area contributed by atoms with Gasteiger partial charge in [0.2, 0.25) is 11.8 Å². The first-order valence-electron chi connectivity index (χ1n) is 19.0. The quantitative estimate of drug-likeness (QED) is 0.113. The van der Waals surface area contributed by atoms with Crippen molar-refractivity contribution < 1.29 is 36.7 Å². The predicted octanol–water partition coefficient (Wildman–Crippen LogP) is 7.30. The molecule has 2 aliphatic heterocycles. The number of alkyl halides is 3. The Morgan fingerprint density at radius 2 is 1.73 bits per heavy atom. The number of halogens is 4. The van der Waals surface area contributed by atoms with Gasteiger partial charge in [-0.1, -0.05) is 12.1 Å². The van der Waals surface area contributed by atoms with E-state index in [-0.39, 0.29) is 47.7 Å². The molecular formula is C40H45F4N7O4. The summed E-state index contributed by atoms with van der Waals surface area (Å²) in [6.45, 7) is 6.48. The van der Waals surface area contributed by atoms with Gasteiger partial charge in [-0.3, -0.25) is 19.7 Å². The molecule has 7 rings (SSSR count). The average molecular weight is 764 g/mol. The van der Waals surface area contributed by atoms with Crippen LogP contribution in [0.25, 0.3) is 5.65 Å². The van der Waals surface area contributed by atoms with Crippen molar-refractivity contribution in [2.45, 2.75) is 95.4 Å². The van der Waals surface area contributed by atoms with Crippen LogP contribution in [0.3, 0.4) is 0 Å². The fraction of sp³-hybridized carbons (Fsp3) is 0.475. The second kappa shape index (κ2) is 16.0. The predicted molar refractivity (Wildman–Crippen MR) is 197 cm³/mol. The lowest BCUT2D eigenvalue weighted by atomic mass is 9.80. The number of fused-ring (bicyclic) bond motifs is 1. The maximum atomic E-state index is 15.2. The molecule has 5 heterocycles. The van der Waals surface area contributed by atoms with E-state index in [4.69, 9.17) is 9.72 Å². The molecule has 0 radical (unpaired) electrons. The van der Waals surface area contributed by atoms with Crippen LogP contribution in [0.2, 0.25) is 0 Å². The summed E-state index contributed by atoms with van der Waals surface area (Å²) in [5.74, 6) is -0.442. The molecule has 1 aromatic carbocycles. The highest BCUT2D eigenvalue weighted by atomic mass is 19.4. The van der Waals surface area contributed by atoms with Gasteiger partial charge < -0.3 is 24.7 Å². The van der Waals surface area contributed by atoms with Crippen molar-refractivity contribution in [2.75, 3.05) is 30.3 Å². The number of aromatic nitrogens is 3. The van der Waals surface area contributed by atoms with Gasteiger partial charge >= 0.3 is 6.18 Å². The highest BCUT2D eigenvalue weighted by Crippen LogP contribution is 2.38. The number of nitrogens with one attached hydrogen (secondary N) is 3. The van der Waals surface area contributed by atoms with Crippen LogP contribution >= 0.6 is 0 Å². The minimum atomic E-state index is -4.68. The van der Waals surface area contributed by atoms with Crippen LogP contribution in [0.4, 0.5) is 28.9 Å². The Balaban J connectivity index is 0.922. The summed E-state index contributed by atoms with van der Waals surface area (Å²) in [5.41, 5.74) is 1.60. The lowest BCUT2D eigenvalue weighted by Gasteiger charge is -2.36. The van der Waals surface area contributed by atoms with Crippen LogP contribution in [-0.2, 0) is 15.8 Å². The number of amides is 3. The molecule has 15 heteroatoms. The average Bonchev–Trinajstić information content (AvgIpc) is 3.56. The largest absolute Gasteiger partial charge is 0.489 e. The summed E-state index contributed by atoms with van der Waals surface area (Å²) in [7, 11) is 0. The molecule has 3 amide bonds. The van der Waals surface area contributed by atoms with E-state index in [1.54, 1.807) is 16.7 Å².